The van der Waals surface area contributed by atoms with E-state index >= 15 is 0 Å². The minimum Gasteiger partial charge on any atom is -0.340 e. The van der Waals surface area contributed by atoms with E-state index in [2.05, 4.69) is 24.1 Å². The molecular formula is C12H25ClN2O. The van der Waals surface area contributed by atoms with Crippen LogP contribution in [0.4, 0.5) is 0 Å². The summed E-state index contributed by atoms with van der Waals surface area (Å²) in [6.07, 6.45) is 4.07. The summed E-state index contributed by atoms with van der Waals surface area (Å²) in [5, 5.41) is 3.08. The molecular weight excluding hydrogens is 224 g/mol. The number of halogens is 1. The van der Waals surface area contributed by atoms with Crippen LogP contribution in [0.15, 0.2) is 0 Å². The second-order valence-electron chi connectivity index (χ2n) is 4.78. The van der Waals surface area contributed by atoms with E-state index in [9.17, 15) is 4.79 Å². The third-order valence-corrected chi connectivity index (χ3v) is 3.26. The first-order valence-electron chi connectivity index (χ1n) is 6.09. The van der Waals surface area contributed by atoms with E-state index in [1.54, 1.807) is 0 Å². The summed E-state index contributed by atoms with van der Waals surface area (Å²) in [4.78, 5) is 14.0. The highest BCUT2D eigenvalue weighted by molar-refractivity contribution is 5.85. The van der Waals surface area contributed by atoms with Crippen molar-refractivity contribution in [1.29, 1.82) is 0 Å². The molecule has 1 saturated heterocycles. The van der Waals surface area contributed by atoms with E-state index in [1.807, 2.05) is 7.05 Å². The van der Waals surface area contributed by atoms with Crippen LogP contribution >= 0.6 is 12.4 Å². The highest BCUT2D eigenvalue weighted by Gasteiger charge is 2.26. The molecule has 96 valence electrons. The fraction of sp³-hybridized carbons (Fsp3) is 0.917. The molecule has 0 aromatic rings. The Labute approximate surface area is 105 Å². The lowest BCUT2D eigenvalue weighted by Gasteiger charge is -2.37. The number of hydrogen-bond acceptors (Lipinski definition) is 2. The maximum Gasteiger partial charge on any atom is 0.222 e. The molecule has 2 atom stereocenters. The first-order valence-corrected chi connectivity index (χ1v) is 6.09. The fourth-order valence-electron chi connectivity index (χ4n) is 2.20. The number of likely N-dealkylation sites (tertiary alicyclic amines) is 1. The molecule has 1 N–H and O–H groups in total. The first-order chi connectivity index (χ1) is 7.15. The van der Waals surface area contributed by atoms with Crippen molar-refractivity contribution in [1.82, 2.24) is 10.2 Å². The summed E-state index contributed by atoms with van der Waals surface area (Å²) < 4.78 is 0. The summed E-state index contributed by atoms with van der Waals surface area (Å²) in [5.41, 5.74) is 0. The average Bonchev–Trinajstić information content (AvgIpc) is 2.22. The summed E-state index contributed by atoms with van der Waals surface area (Å²) in [6.45, 7) is 6.30. The van der Waals surface area contributed by atoms with Crippen molar-refractivity contribution in [2.24, 2.45) is 5.92 Å². The maximum atomic E-state index is 11.9. The molecule has 0 spiro atoms. The van der Waals surface area contributed by atoms with Gasteiger partial charge in [0.2, 0.25) is 5.91 Å². The van der Waals surface area contributed by atoms with Crippen molar-refractivity contribution in [2.75, 3.05) is 20.1 Å². The van der Waals surface area contributed by atoms with Gasteiger partial charge in [0.1, 0.15) is 0 Å². The molecule has 3 nitrogen and oxygen atoms in total. The van der Waals surface area contributed by atoms with Crippen LogP contribution in [-0.2, 0) is 4.79 Å². The molecule has 0 saturated carbocycles. The molecule has 16 heavy (non-hydrogen) atoms. The van der Waals surface area contributed by atoms with Gasteiger partial charge in [0, 0.05) is 19.0 Å². The predicted molar refractivity (Wildman–Crippen MR) is 70.0 cm³/mol. The maximum absolute atomic E-state index is 11.9. The highest BCUT2D eigenvalue weighted by atomic mass is 35.5. The van der Waals surface area contributed by atoms with E-state index in [1.165, 1.54) is 12.8 Å². The van der Waals surface area contributed by atoms with Crippen molar-refractivity contribution in [2.45, 2.75) is 45.6 Å². The van der Waals surface area contributed by atoms with Gasteiger partial charge in [0.25, 0.3) is 0 Å². The van der Waals surface area contributed by atoms with Gasteiger partial charge in [-0.05, 0) is 45.7 Å². The Bertz CT molecular complexity index is 211. The van der Waals surface area contributed by atoms with Gasteiger partial charge in [0.05, 0.1) is 0 Å². The van der Waals surface area contributed by atoms with E-state index in [-0.39, 0.29) is 12.4 Å². The Balaban J connectivity index is 0.00000225. The normalized spacial score (nSPS) is 25.1. The lowest BCUT2D eigenvalue weighted by molar-refractivity contribution is -0.135. The number of rotatable bonds is 4. The van der Waals surface area contributed by atoms with Crippen LogP contribution in [-0.4, -0.2) is 37.0 Å². The number of amides is 1. The Morgan fingerprint density at radius 3 is 2.69 bits per heavy atom. The van der Waals surface area contributed by atoms with Gasteiger partial charge in [-0.3, -0.25) is 4.79 Å². The largest absolute Gasteiger partial charge is 0.340 e. The van der Waals surface area contributed by atoms with Crippen LogP contribution in [0.2, 0.25) is 0 Å². The standard InChI is InChI=1S/C12H24N2O.ClH/c1-10-6-7-11(2)14(9-10)12(15)5-4-8-13-3;/h10-11,13H,4-9H2,1-3H3;1H. The lowest BCUT2D eigenvalue weighted by atomic mass is 9.94. The third-order valence-electron chi connectivity index (χ3n) is 3.26. The minimum atomic E-state index is 0. The molecule has 1 aliphatic heterocycles. The van der Waals surface area contributed by atoms with Gasteiger partial charge in [-0.15, -0.1) is 12.4 Å². The quantitative estimate of drug-likeness (QED) is 0.773. The summed E-state index contributed by atoms with van der Waals surface area (Å²) in [5.74, 6) is 1.01. The van der Waals surface area contributed by atoms with Crippen molar-refractivity contribution in [3.63, 3.8) is 0 Å². The van der Waals surface area contributed by atoms with Crippen LogP contribution in [0.25, 0.3) is 0 Å². The Hall–Kier alpha value is -0.280. The number of nitrogens with one attached hydrogen (secondary N) is 1. The van der Waals surface area contributed by atoms with Crippen molar-refractivity contribution in [3.8, 4) is 0 Å². The van der Waals surface area contributed by atoms with Crippen LogP contribution in [0.1, 0.15) is 39.5 Å². The molecule has 1 heterocycles. The molecule has 2 unspecified atom stereocenters. The van der Waals surface area contributed by atoms with Gasteiger partial charge in [-0.25, -0.2) is 0 Å². The SMILES string of the molecule is CNCCCC(=O)N1CC(C)CCC1C.Cl. The molecule has 1 aliphatic rings. The third kappa shape index (κ3) is 4.71. The number of carbonyl (C=O) groups is 1. The number of piperidine rings is 1. The van der Waals surface area contributed by atoms with Gasteiger partial charge < -0.3 is 10.2 Å². The van der Waals surface area contributed by atoms with Crippen LogP contribution in [0.3, 0.4) is 0 Å². The molecule has 0 radical (unpaired) electrons. The number of nitrogens with zero attached hydrogens (tertiary/aromatic N) is 1. The molecule has 4 heteroatoms. The van der Waals surface area contributed by atoms with Crippen LogP contribution < -0.4 is 5.32 Å². The molecule has 1 rings (SSSR count). The molecule has 1 amide bonds. The predicted octanol–water partition coefficient (Wildman–Crippen LogP) is 2.05. The fourth-order valence-corrected chi connectivity index (χ4v) is 2.20. The summed E-state index contributed by atoms with van der Waals surface area (Å²) >= 11 is 0. The van der Waals surface area contributed by atoms with Crippen molar-refractivity contribution >= 4 is 18.3 Å². The summed E-state index contributed by atoms with van der Waals surface area (Å²) in [6, 6.07) is 0.447. The Kier molecular flexibility index (Phi) is 7.77. The zero-order valence-corrected chi connectivity index (χ0v) is 11.5. The second kappa shape index (κ2) is 7.91. The van der Waals surface area contributed by atoms with E-state index in [0.717, 1.165) is 19.5 Å². The molecule has 0 aromatic carbocycles. The molecule has 0 bridgehead atoms. The Morgan fingerprint density at radius 2 is 2.06 bits per heavy atom. The highest BCUT2D eigenvalue weighted by Crippen LogP contribution is 2.22. The average molecular weight is 249 g/mol. The Morgan fingerprint density at radius 1 is 1.38 bits per heavy atom. The van der Waals surface area contributed by atoms with E-state index in [0.29, 0.717) is 24.3 Å². The molecule has 0 aromatic heterocycles. The zero-order chi connectivity index (χ0) is 11.3. The van der Waals surface area contributed by atoms with Crippen LogP contribution in [0.5, 0.6) is 0 Å². The number of carbonyl (C=O) groups excluding carboxylic acids is 1. The van der Waals surface area contributed by atoms with Gasteiger partial charge >= 0.3 is 0 Å². The minimum absolute atomic E-state index is 0. The number of hydrogen-bond donors (Lipinski definition) is 1. The first kappa shape index (κ1) is 15.7. The van der Waals surface area contributed by atoms with Crippen molar-refractivity contribution in [3.05, 3.63) is 0 Å². The zero-order valence-electron chi connectivity index (χ0n) is 10.7. The lowest BCUT2D eigenvalue weighted by Crippen LogP contribution is -2.44. The van der Waals surface area contributed by atoms with Crippen LogP contribution in [0, 0.1) is 5.92 Å². The van der Waals surface area contributed by atoms with Gasteiger partial charge in [0.15, 0.2) is 0 Å². The van der Waals surface area contributed by atoms with Gasteiger partial charge in [-0.1, -0.05) is 6.92 Å². The monoisotopic (exact) mass is 248 g/mol. The topological polar surface area (TPSA) is 32.3 Å². The van der Waals surface area contributed by atoms with E-state index in [4.69, 9.17) is 0 Å². The smallest absolute Gasteiger partial charge is 0.222 e. The van der Waals surface area contributed by atoms with Crippen molar-refractivity contribution < 1.29 is 4.79 Å². The molecule has 0 aliphatic carbocycles. The second-order valence-corrected chi connectivity index (χ2v) is 4.78. The van der Waals surface area contributed by atoms with E-state index < -0.39 is 0 Å². The van der Waals surface area contributed by atoms with Gasteiger partial charge in [-0.2, -0.15) is 0 Å². The summed E-state index contributed by atoms with van der Waals surface area (Å²) in [7, 11) is 1.93. The molecule has 1 fully saturated rings.